The Kier molecular flexibility index (Phi) is 7.28. The maximum Gasteiger partial charge on any atom is 0.416 e. The average Bonchev–Trinajstić information content (AvgIpc) is 3.25. The van der Waals surface area contributed by atoms with Crippen molar-refractivity contribution in [3.05, 3.63) is 94.2 Å². The number of amides is 1. The van der Waals surface area contributed by atoms with Crippen LogP contribution >= 0.6 is 0 Å². The molecule has 4 rings (SSSR count). The Hall–Kier alpha value is -3.95. The van der Waals surface area contributed by atoms with Crippen LogP contribution in [0.15, 0.2) is 71.9 Å². The second kappa shape index (κ2) is 10.5. The second-order valence-electron chi connectivity index (χ2n) is 8.17. The van der Waals surface area contributed by atoms with Gasteiger partial charge in [0.15, 0.2) is 5.65 Å². The lowest BCUT2D eigenvalue weighted by Crippen LogP contribution is -2.27. The van der Waals surface area contributed by atoms with Crippen LogP contribution in [-0.2, 0) is 30.5 Å². The minimum absolute atomic E-state index is 0.0457. The lowest BCUT2D eigenvalue weighted by molar-refractivity contribution is -0.137. The quantitative estimate of drug-likeness (QED) is 0.393. The number of halogens is 3. The van der Waals surface area contributed by atoms with Gasteiger partial charge in [0.25, 0.3) is 5.56 Å². The summed E-state index contributed by atoms with van der Waals surface area (Å²) in [5.74, 6) is -0.0613. The Morgan fingerprint density at radius 1 is 1.03 bits per heavy atom. The van der Waals surface area contributed by atoms with Crippen LogP contribution in [0, 0.1) is 0 Å². The number of alkyl halides is 3. The van der Waals surface area contributed by atoms with E-state index in [1.54, 1.807) is 0 Å². The van der Waals surface area contributed by atoms with Crippen LogP contribution in [0.5, 0.6) is 0 Å². The topological polar surface area (TPSA) is 81.8 Å². The first kappa shape index (κ1) is 24.2. The van der Waals surface area contributed by atoms with E-state index in [9.17, 15) is 22.8 Å². The predicted octanol–water partition coefficient (Wildman–Crippen LogP) is 3.80. The Labute approximate surface area is 199 Å². The van der Waals surface area contributed by atoms with Crippen molar-refractivity contribution in [3.63, 3.8) is 0 Å². The van der Waals surface area contributed by atoms with Crippen molar-refractivity contribution >= 4 is 16.9 Å². The van der Waals surface area contributed by atoms with Crippen molar-refractivity contribution in [3.8, 4) is 0 Å². The Morgan fingerprint density at radius 2 is 1.80 bits per heavy atom. The number of nitrogens with one attached hydrogen (secondary N) is 1. The number of benzene rings is 2. The molecule has 0 unspecified atom stereocenters. The van der Waals surface area contributed by atoms with Gasteiger partial charge in [0.05, 0.1) is 24.8 Å². The second-order valence-corrected chi connectivity index (χ2v) is 8.17. The van der Waals surface area contributed by atoms with E-state index in [1.165, 1.54) is 39.5 Å². The third-order valence-electron chi connectivity index (χ3n) is 5.59. The van der Waals surface area contributed by atoms with Gasteiger partial charge >= 0.3 is 6.18 Å². The Balaban J connectivity index is 1.34. The van der Waals surface area contributed by atoms with Crippen LogP contribution in [0.25, 0.3) is 11.0 Å². The number of aryl methyl sites for hydroxylation is 1. The number of carbonyl (C=O) groups is 1. The number of carbonyl (C=O) groups excluding carboxylic acids is 1. The first-order valence-corrected chi connectivity index (χ1v) is 11.2. The molecule has 0 atom stereocenters. The van der Waals surface area contributed by atoms with Gasteiger partial charge in [0, 0.05) is 13.0 Å². The van der Waals surface area contributed by atoms with Gasteiger partial charge in [-0.2, -0.15) is 18.3 Å². The molecule has 1 amide bonds. The number of hydrogen-bond acceptors (Lipinski definition) is 4. The van der Waals surface area contributed by atoms with E-state index in [4.69, 9.17) is 0 Å². The fourth-order valence-electron chi connectivity index (χ4n) is 3.80. The van der Waals surface area contributed by atoms with Crippen molar-refractivity contribution < 1.29 is 18.0 Å². The summed E-state index contributed by atoms with van der Waals surface area (Å²) in [4.78, 5) is 29.2. The van der Waals surface area contributed by atoms with Gasteiger partial charge in [-0.1, -0.05) is 42.5 Å². The molecular formula is C25H24F3N5O2. The Morgan fingerprint density at radius 3 is 2.57 bits per heavy atom. The highest BCUT2D eigenvalue weighted by molar-refractivity contribution is 5.76. The third kappa shape index (κ3) is 6.14. The summed E-state index contributed by atoms with van der Waals surface area (Å²) in [6, 6.07) is 14.8. The molecule has 0 spiro atoms. The molecule has 2 aromatic carbocycles. The highest BCUT2D eigenvalue weighted by atomic mass is 19.4. The first-order chi connectivity index (χ1) is 16.8. The highest BCUT2D eigenvalue weighted by Crippen LogP contribution is 2.29. The standard InChI is InChI=1S/C25H24F3N5O2/c26-25(27,28)20-10-4-9-19(14-20)16-32-17-30-23-21(24(32)35)15-31-33(23)13-12-29-22(34)11-5-8-18-6-2-1-3-7-18/h1-4,6-7,9-10,14-15,17H,5,8,11-13,16H2,(H,29,34). The van der Waals surface area contributed by atoms with Crippen LogP contribution in [0.3, 0.4) is 0 Å². The minimum atomic E-state index is -4.46. The molecule has 0 fully saturated rings. The number of fused-ring (bicyclic) bond motifs is 1. The summed E-state index contributed by atoms with van der Waals surface area (Å²) in [6.07, 6.45) is 0.206. The molecule has 0 bridgehead atoms. The summed E-state index contributed by atoms with van der Waals surface area (Å²) in [5.41, 5.74) is 0.711. The van der Waals surface area contributed by atoms with Gasteiger partial charge in [0.2, 0.25) is 5.91 Å². The summed E-state index contributed by atoms with van der Waals surface area (Å²) in [6.45, 7) is 0.615. The molecule has 1 N–H and O–H groups in total. The number of hydrogen-bond donors (Lipinski definition) is 1. The van der Waals surface area contributed by atoms with Crippen LogP contribution in [-0.4, -0.2) is 31.8 Å². The number of nitrogens with zero attached hydrogens (tertiary/aromatic N) is 4. The van der Waals surface area contributed by atoms with E-state index < -0.39 is 17.3 Å². The minimum Gasteiger partial charge on any atom is -0.354 e. The van der Waals surface area contributed by atoms with Crippen molar-refractivity contribution in [2.24, 2.45) is 0 Å². The van der Waals surface area contributed by atoms with Crippen molar-refractivity contribution in [2.45, 2.75) is 38.5 Å². The smallest absolute Gasteiger partial charge is 0.354 e. The predicted molar refractivity (Wildman–Crippen MR) is 125 cm³/mol. The molecule has 2 heterocycles. The molecule has 4 aromatic rings. The van der Waals surface area contributed by atoms with Crippen molar-refractivity contribution in [1.29, 1.82) is 0 Å². The average molecular weight is 483 g/mol. The zero-order chi connectivity index (χ0) is 24.8. The number of rotatable bonds is 9. The summed E-state index contributed by atoms with van der Waals surface area (Å²) >= 11 is 0. The first-order valence-electron chi connectivity index (χ1n) is 11.2. The number of aromatic nitrogens is 4. The fourth-order valence-corrected chi connectivity index (χ4v) is 3.80. The molecule has 35 heavy (non-hydrogen) atoms. The van der Waals surface area contributed by atoms with E-state index in [1.807, 2.05) is 30.3 Å². The van der Waals surface area contributed by atoms with E-state index in [0.29, 0.717) is 30.7 Å². The van der Waals surface area contributed by atoms with E-state index in [0.717, 1.165) is 25.0 Å². The molecule has 7 nitrogen and oxygen atoms in total. The van der Waals surface area contributed by atoms with E-state index >= 15 is 0 Å². The monoisotopic (exact) mass is 483 g/mol. The fraction of sp³-hybridized carbons (Fsp3) is 0.280. The van der Waals surface area contributed by atoms with Crippen molar-refractivity contribution in [2.75, 3.05) is 6.54 Å². The zero-order valence-electron chi connectivity index (χ0n) is 18.8. The molecule has 0 saturated heterocycles. The van der Waals surface area contributed by atoms with Crippen molar-refractivity contribution in [1.82, 2.24) is 24.6 Å². The normalized spacial score (nSPS) is 11.6. The Bertz CT molecular complexity index is 1360. The molecule has 10 heteroatoms. The summed E-state index contributed by atoms with van der Waals surface area (Å²) in [5, 5.41) is 7.29. The van der Waals surface area contributed by atoms with Crippen LogP contribution < -0.4 is 10.9 Å². The van der Waals surface area contributed by atoms with Gasteiger partial charge < -0.3 is 5.32 Å². The molecule has 0 radical (unpaired) electrons. The molecule has 0 saturated carbocycles. The molecular weight excluding hydrogens is 459 g/mol. The third-order valence-corrected chi connectivity index (χ3v) is 5.59. The van der Waals surface area contributed by atoms with Crippen LogP contribution in [0.1, 0.15) is 29.5 Å². The van der Waals surface area contributed by atoms with Gasteiger partial charge in [0.1, 0.15) is 11.7 Å². The van der Waals surface area contributed by atoms with Gasteiger partial charge in [-0.15, -0.1) is 0 Å². The lowest BCUT2D eigenvalue weighted by atomic mass is 10.1. The molecule has 2 aromatic heterocycles. The summed E-state index contributed by atoms with van der Waals surface area (Å²) < 4.78 is 41.7. The van der Waals surface area contributed by atoms with Crippen LogP contribution in [0.2, 0.25) is 0 Å². The highest BCUT2D eigenvalue weighted by Gasteiger charge is 2.30. The largest absolute Gasteiger partial charge is 0.416 e. The molecule has 0 aliphatic rings. The lowest BCUT2D eigenvalue weighted by Gasteiger charge is -2.10. The molecule has 182 valence electrons. The molecule has 0 aliphatic heterocycles. The zero-order valence-corrected chi connectivity index (χ0v) is 18.8. The van der Waals surface area contributed by atoms with Gasteiger partial charge in [-0.05, 0) is 36.1 Å². The molecule has 0 aliphatic carbocycles. The van der Waals surface area contributed by atoms with E-state index in [2.05, 4.69) is 15.4 Å². The van der Waals surface area contributed by atoms with Gasteiger partial charge in [-0.25, -0.2) is 9.67 Å². The maximum absolute atomic E-state index is 13.0. The van der Waals surface area contributed by atoms with Gasteiger partial charge in [-0.3, -0.25) is 14.2 Å². The summed E-state index contributed by atoms with van der Waals surface area (Å²) in [7, 11) is 0. The maximum atomic E-state index is 13.0. The SMILES string of the molecule is O=C(CCCc1ccccc1)NCCn1ncc2c(=O)n(Cc3cccc(C(F)(F)F)c3)cnc21. The van der Waals surface area contributed by atoms with Crippen LogP contribution in [0.4, 0.5) is 13.2 Å². The van der Waals surface area contributed by atoms with E-state index in [-0.39, 0.29) is 17.8 Å².